The van der Waals surface area contributed by atoms with E-state index in [0.717, 1.165) is 44.9 Å². The zero-order chi connectivity index (χ0) is 66.4. The number of aliphatic hydroxyl groups is 5. The van der Waals surface area contributed by atoms with E-state index in [1.165, 1.54) is 366 Å². The van der Waals surface area contributed by atoms with E-state index < -0.39 is 49.5 Å². The Labute approximate surface area is 571 Å². The van der Waals surface area contributed by atoms with Crippen LogP contribution in [0.5, 0.6) is 0 Å². The second-order valence-corrected chi connectivity index (χ2v) is 28.9. The predicted octanol–water partition coefficient (Wildman–Crippen LogP) is 23.7. The van der Waals surface area contributed by atoms with Gasteiger partial charge < -0.3 is 40.3 Å². The standard InChI is InChI=1S/C83H159NO8/c1-3-5-7-9-11-13-15-17-19-21-23-25-27-29-31-33-35-36-37-38-39-40-41-42-43-45-47-49-51-53-55-57-59-61-63-65-67-69-71-73-79(87)84-76(75-91-83-82(90)81(89)80(88)78(74-85)92-83)77(86)72-70-68-66-64-62-60-58-56-54-52-50-48-46-44-34-32-30-28-26-24-22-20-18-16-14-12-10-8-6-4-2/h54,56,62,64,70,72,76-78,80-83,85-86,88-90H,3-53,55,57-61,63,65-69,71,73-75H2,1-2H3,(H,84,87)/b56-54+,64-62+,72-70+. The average Bonchev–Trinajstić information content (AvgIpc) is 1.01. The number of carbonyl (C=O) groups excluding carboxylic acids is 1. The number of hydrogen-bond acceptors (Lipinski definition) is 8. The molecule has 6 N–H and O–H groups in total. The molecular formula is C83H159NO8. The molecule has 0 saturated carbocycles. The Balaban J connectivity index is 2.06. The highest BCUT2D eigenvalue weighted by Crippen LogP contribution is 2.24. The van der Waals surface area contributed by atoms with E-state index >= 15 is 0 Å². The summed E-state index contributed by atoms with van der Waals surface area (Å²) >= 11 is 0. The van der Waals surface area contributed by atoms with Crippen molar-refractivity contribution in [3.05, 3.63) is 36.5 Å². The van der Waals surface area contributed by atoms with Gasteiger partial charge in [-0.05, 0) is 44.9 Å². The number of ether oxygens (including phenoxy) is 2. The lowest BCUT2D eigenvalue weighted by molar-refractivity contribution is -0.302. The van der Waals surface area contributed by atoms with Crippen molar-refractivity contribution >= 4 is 5.91 Å². The Kier molecular flexibility index (Phi) is 69.4. The van der Waals surface area contributed by atoms with Gasteiger partial charge in [-0.1, -0.05) is 416 Å². The minimum atomic E-state index is -1.58. The molecule has 1 fully saturated rings. The van der Waals surface area contributed by atoms with Crippen LogP contribution in [-0.2, 0) is 14.3 Å². The topological polar surface area (TPSA) is 149 Å². The fourth-order valence-electron chi connectivity index (χ4n) is 13.6. The Hall–Kier alpha value is -1.59. The summed E-state index contributed by atoms with van der Waals surface area (Å²) in [5.41, 5.74) is 0. The first kappa shape index (κ1) is 88.4. The van der Waals surface area contributed by atoms with Gasteiger partial charge in [-0.2, -0.15) is 0 Å². The van der Waals surface area contributed by atoms with Crippen LogP contribution in [0.3, 0.4) is 0 Å². The minimum absolute atomic E-state index is 0.181. The van der Waals surface area contributed by atoms with Crippen molar-refractivity contribution in [2.75, 3.05) is 13.2 Å². The van der Waals surface area contributed by atoms with Crippen molar-refractivity contribution in [1.82, 2.24) is 5.32 Å². The van der Waals surface area contributed by atoms with E-state index in [2.05, 4.69) is 43.5 Å². The first-order valence-corrected chi connectivity index (χ1v) is 41.2. The van der Waals surface area contributed by atoms with Crippen molar-refractivity contribution in [3.8, 4) is 0 Å². The first-order chi connectivity index (χ1) is 45.3. The summed E-state index contributed by atoms with van der Waals surface area (Å²) in [6, 6.07) is -0.829. The summed E-state index contributed by atoms with van der Waals surface area (Å²) < 4.78 is 11.3. The van der Waals surface area contributed by atoms with E-state index in [1.807, 2.05) is 6.08 Å². The number of rotatable bonds is 74. The number of hydrogen-bond donors (Lipinski definition) is 6. The number of amides is 1. The van der Waals surface area contributed by atoms with Crippen molar-refractivity contribution < 1.29 is 39.8 Å². The summed E-state index contributed by atoms with van der Waals surface area (Å²) in [5.74, 6) is -0.181. The smallest absolute Gasteiger partial charge is 0.220 e. The van der Waals surface area contributed by atoms with Crippen LogP contribution in [-0.4, -0.2) is 87.5 Å². The van der Waals surface area contributed by atoms with E-state index in [4.69, 9.17) is 9.47 Å². The molecule has 0 aliphatic carbocycles. The molecule has 0 spiro atoms. The molecule has 0 aromatic carbocycles. The van der Waals surface area contributed by atoms with Gasteiger partial charge in [0.15, 0.2) is 6.29 Å². The molecule has 0 bridgehead atoms. The molecule has 1 saturated heterocycles. The van der Waals surface area contributed by atoms with Gasteiger partial charge in [-0.25, -0.2) is 0 Å². The van der Waals surface area contributed by atoms with Gasteiger partial charge in [0.1, 0.15) is 24.4 Å². The molecule has 92 heavy (non-hydrogen) atoms. The van der Waals surface area contributed by atoms with Gasteiger partial charge in [0, 0.05) is 6.42 Å². The van der Waals surface area contributed by atoms with Crippen LogP contribution in [0.1, 0.15) is 431 Å². The van der Waals surface area contributed by atoms with Gasteiger partial charge in [-0.3, -0.25) is 4.79 Å². The van der Waals surface area contributed by atoms with Gasteiger partial charge in [0.05, 0.1) is 25.4 Å². The highest BCUT2D eigenvalue weighted by Gasteiger charge is 2.44. The van der Waals surface area contributed by atoms with Crippen LogP contribution in [0, 0.1) is 0 Å². The molecule has 1 aliphatic heterocycles. The Morgan fingerprint density at radius 2 is 0.620 bits per heavy atom. The van der Waals surface area contributed by atoms with Crippen molar-refractivity contribution in [2.24, 2.45) is 0 Å². The third kappa shape index (κ3) is 59.7. The number of allylic oxidation sites excluding steroid dienone is 5. The summed E-state index contributed by atoms with van der Waals surface area (Å²) in [5, 5.41) is 54.9. The summed E-state index contributed by atoms with van der Waals surface area (Å²) in [6.45, 7) is 3.83. The van der Waals surface area contributed by atoms with E-state index in [1.54, 1.807) is 6.08 Å². The lowest BCUT2D eigenvalue weighted by atomic mass is 9.99. The number of nitrogens with one attached hydrogen (secondary N) is 1. The maximum atomic E-state index is 13.2. The van der Waals surface area contributed by atoms with Crippen LogP contribution in [0.25, 0.3) is 0 Å². The van der Waals surface area contributed by atoms with Crippen molar-refractivity contribution in [2.45, 2.75) is 474 Å². The third-order valence-corrected chi connectivity index (χ3v) is 19.9. The van der Waals surface area contributed by atoms with E-state index in [-0.39, 0.29) is 12.5 Å². The van der Waals surface area contributed by atoms with E-state index in [0.29, 0.717) is 6.42 Å². The van der Waals surface area contributed by atoms with Gasteiger partial charge in [0.2, 0.25) is 5.91 Å². The number of carbonyl (C=O) groups is 1. The lowest BCUT2D eigenvalue weighted by Gasteiger charge is -2.40. The van der Waals surface area contributed by atoms with Crippen LogP contribution in [0.4, 0.5) is 0 Å². The van der Waals surface area contributed by atoms with Gasteiger partial charge in [-0.15, -0.1) is 0 Å². The highest BCUT2D eigenvalue weighted by atomic mass is 16.7. The molecule has 1 aliphatic rings. The van der Waals surface area contributed by atoms with Crippen molar-refractivity contribution in [1.29, 1.82) is 0 Å². The molecule has 1 rings (SSSR count). The molecule has 7 unspecified atom stereocenters. The van der Waals surface area contributed by atoms with Gasteiger partial charge >= 0.3 is 0 Å². The second kappa shape index (κ2) is 72.2. The van der Waals surface area contributed by atoms with Gasteiger partial charge in [0.25, 0.3) is 0 Å². The number of aliphatic hydroxyl groups excluding tert-OH is 5. The molecule has 1 amide bonds. The lowest BCUT2D eigenvalue weighted by Crippen LogP contribution is -2.60. The monoisotopic (exact) mass is 1300 g/mol. The molecule has 544 valence electrons. The van der Waals surface area contributed by atoms with Crippen molar-refractivity contribution in [3.63, 3.8) is 0 Å². The maximum Gasteiger partial charge on any atom is 0.220 e. The largest absolute Gasteiger partial charge is 0.394 e. The fourth-order valence-corrected chi connectivity index (χ4v) is 13.6. The molecule has 7 atom stereocenters. The normalized spacial score (nSPS) is 17.8. The van der Waals surface area contributed by atoms with Crippen LogP contribution in [0.15, 0.2) is 36.5 Å². The quantitative estimate of drug-likeness (QED) is 0.0261. The van der Waals surface area contributed by atoms with Crippen LogP contribution >= 0.6 is 0 Å². The predicted molar refractivity (Wildman–Crippen MR) is 397 cm³/mol. The first-order valence-electron chi connectivity index (χ1n) is 41.2. The number of unbranched alkanes of at least 4 members (excludes halogenated alkanes) is 60. The zero-order valence-electron chi connectivity index (χ0n) is 61.3. The minimum Gasteiger partial charge on any atom is -0.394 e. The molecule has 0 aromatic heterocycles. The Bertz CT molecular complexity index is 1550. The molecule has 1 heterocycles. The SMILES string of the molecule is CCCCCCCCCCCCCCCCCCCCCC/C=C/CC/C=C/CC/C=C/C(O)C(COC1OC(CO)C(O)C(O)C1O)NC(=O)CCCCCCCCCCCCCCCCCCCCCCCCCCCCCCCCCCCCCCCCC. The highest BCUT2D eigenvalue weighted by molar-refractivity contribution is 5.76. The molecule has 0 radical (unpaired) electrons. The fraction of sp³-hybridized carbons (Fsp3) is 0.916. The molecular weight excluding hydrogens is 1140 g/mol. The molecule has 9 nitrogen and oxygen atoms in total. The Morgan fingerprint density at radius 3 is 0.913 bits per heavy atom. The molecule has 9 heteroatoms. The second-order valence-electron chi connectivity index (χ2n) is 28.9. The summed E-state index contributed by atoms with van der Waals surface area (Å²) in [4.78, 5) is 13.2. The zero-order valence-corrected chi connectivity index (χ0v) is 61.3. The summed E-state index contributed by atoms with van der Waals surface area (Å²) in [6.07, 6.45) is 91.8. The molecule has 0 aromatic rings. The summed E-state index contributed by atoms with van der Waals surface area (Å²) in [7, 11) is 0. The van der Waals surface area contributed by atoms with Crippen LogP contribution < -0.4 is 5.32 Å². The maximum absolute atomic E-state index is 13.2. The van der Waals surface area contributed by atoms with Crippen LogP contribution in [0.2, 0.25) is 0 Å². The Morgan fingerprint density at radius 1 is 0.359 bits per heavy atom. The third-order valence-electron chi connectivity index (χ3n) is 19.9. The average molecular weight is 1300 g/mol. The van der Waals surface area contributed by atoms with E-state index in [9.17, 15) is 30.3 Å².